The first-order valence-electron chi connectivity index (χ1n) is 8.15. The van der Waals surface area contributed by atoms with Gasteiger partial charge in [0.1, 0.15) is 0 Å². The highest BCUT2D eigenvalue weighted by Gasteiger charge is 2.42. The first kappa shape index (κ1) is 17.8. The maximum Gasteiger partial charge on any atom is 0.294 e. The van der Waals surface area contributed by atoms with Crippen LogP contribution in [-0.2, 0) is 19.7 Å². The van der Waals surface area contributed by atoms with Gasteiger partial charge in [0, 0.05) is 12.3 Å². The highest BCUT2D eigenvalue weighted by Crippen LogP contribution is 2.49. The van der Waals surface area contributed by atoms with Gasteiger partial charge in [0.05, 0.1) is 17.4 Å². The van der Waals surface area contributed by atoms with E-state index in [1.165, 1.54) is 18.2 Å². The fourth-order valence-corrected chi connectivity index (χ4v) is 4.47. The maximum absolute atomic E-state index is 12.2. The molecule has 9 heteroatoms. The Hall–Kier alpha value is -2.59. The monoisotopic (exact) mass is 389 g/mol. The molecule has 3 N–H and O–H groups in total. The van der Waals surface area contributed by atoms with Gasteiger partial charge >= 0.3 is 0 Å². The number of nitrogens with zero attached hydrogens (tertiary/aromatic N) is 1. The number of aliphatic hydroxyl groups excluding tert-OH is 1. The van der Waals surface area contributed by atoms with Crippen molar-refractivity contribution in [2.45, 2.75) is 23.2 Å². The number of carbonyl (C=O) groups excluding carboxylic acids is 2. The zero-order valence-corrected chi connectivity index (χ0v) is 14.7. The lowest BCUT2D eigenvalue weighted by Crippen LogP contribution is -2.26. The number of imide groups is 1. The quantitative estimate of drug-likeness (QED) is 0.409. The Labute approximate surface area is 154 Å². The molecular formula is C18H15NO7S. The molecular weight excluding hydrogens is 374 g/mol. The molecule has 0 saturated carbocycles. The molecule has 1 fully saturated rings. The molecule has 1 heterocycles. The van der Waals surface area contributed by atoms with E-state index in [0.717, 1.165) is 0 Å². The number of carbonyl (C=O) groups is 2. The van der Waals surface area contributed by atoms with Crippen LogP contribution in [0, 0.1) is 0 Å². The van der Waals surface area contributed by atoms with Crippen molar-refractivity contribution in [3.63, 3.8) is 0 Å². The van der Waals surface area contributed by atoms with Gasteiger partial charge in [0.2, 0.25) is 0 Å². The molecule has 2 amide bonds. The number of benzene rings is 2. The van der Waals surface area contributed by atoms with Gasteiger partial charge in [-0.3, -0.25) is 19.3 Å². The van der Waals surface area contributed by atoms with Crippen LogP contribution < -0.4 is 0 Å². The summed E-state index contributed by atoms with van der Waals surface area (Å²) in [5.74, 6) is -2.93. The summed E-state index contributed by atoms with van der Waals surface area (Å²) in [6, 6.07) is 9.24. The van der Waals surface area contributed by atoms with Crippen molar-refractivity contribution in [1.82, 2.24) is 5.06 Å². The van der Waals surface area contributed by atoms with Crippen molar-refractivity contribution < 1.29 is 32.9 Å². The van der Waals surface area contributed by atoms with Gasteiger partial charge in [0.25, 0.3) is 21.9 Å². The van der Waals surface area contributed by atoms with Gasteiger partial charge < -0.3 is 5.11 Å². The molecule has 1 aliphatic heterocycles. The number of hydrogen-bond acceptors (Lipinski definition) is 6. The van der Waals surface area contributed by atoms with Crippen LogP contribution in [0.3, 0.4) is 0 Å². The summed E-state index contributed by atoms with van der Waals surface area (Å²) >= 11 is 0. The first-order chi connectivity index (χ1) is 12.7. The third kappa shape index (κ3) is 2.59. The molecule has 0 aromatic heterocycles. The second-order valence-corrected chi connectivity index (χ2v) is 7.99. The predicted octanol–water partition coefficient (Wildman–Crippen LogP) is 1.27. The molecule has 0 radical (unpaired) electrons. The van der Waals surface area contributed by atoms with Crippen molar-refractivity contribution in [3.8, 4) is 11.1 Å². The molecule has 2 aliphatic rings. The summed E-state index contributed by atoms with van der Waals surface area (Å²) in [5.41, 5.74) is 3.01. The Balaban J connectivity index is 1.90. The van der Waals surface area contributed by atoms with Gasteiger partial charge in [-0.1, -0.05) is 24.3 Å². The van der Waals surface area contributed by atoms with E-state index in [1.807, 2.05) is 0 Å². The Kier molecular flexibility index (Phi) is 3.93. The highest BCUT2D eigenvalue weighted by molar-refractivity contribution is 7.85. The van der Waals surface area contributed by atoms with E-state index in [-0.39, 0.29) is 23.0 Å². The van der Waals surface area contributed by atoms with Gasteiger partial charge in [-0.05, 0) is 39.9 Å². The van der Waals surface area contributed by atoms with Crippen molar-refractivity contribution >= 4 is 21.9 Å². The van der Waals surface area contributed by atoms with Crippen LogP contribution in [0.1, 0.15) is 34.9 Å². The standard InChI is InChI=1S/C18H15NO7S/c20-8-15-13-6-9(27(24,25)26)4-5-10(13)11-2-1-3-12(17(11)15)14-7-16(21)19(23)18(14)22/h1-6,14-15,20,23H,7-8H2,(H,24,25,26). The van der Waals surface area contributed by atoms with Gasteiger partial charge in [0.15, 0.2) is 0 Å². The van der Waals surface area contributed by atoms with Crippen LogP contribution in [0.4, 0.5) is 0 Å². The van der Waals surface area contributed by atoms with Crippen molar-refractivity contribution in [1.29, 1.82) is 0 Å². The van der Waals surface area contributed by atoms with Gasteiger partial charge in [-0.25, -0.2) is 0 Å². The SMILES string of the molecule is O=C1CC(c2cccc3c2C(CO)c2cc(S(=O)(=O)O)ccc2-3)C(=O)N1O. The van der Waals surface area contributed by atoms with Crippen LogP contribution in [-0.4, -0.2) is 46.8 Å². The van der Waals surface area contributed by atoms with E-state index in [4.69, 9.17) is 0 Å². The summed E-state index contributed by atoms with van der Waals surface area (Å²) in [4.78, 5) is 23.7. The second-order valence-electron chi connectivity index (χ2n) is 6.57. The molecule has 2 unspecified atom stereocenters. The van der Waals surface area contributed by atoms with E-state index >= 15 is 0 Å². The predicted molar refractivity (Wildman–Crippen MR) is 91.6 cm³/mol. The zero-order valence-electron chi connectivity index (χ0n) is 13.9. The Morgan fingerprint density at radius 3 is 2.41 bits per heavy atom. The molecule has 0 spiro atoms. The van der Waals surface area contributed by atoms with Crippen LogP contribution in [0.25, 0.3) is 11.1 Å². The van der Waals surface area contributed by atoms with E-state index in [0.29, 0.717) is 27.8 Å². The third-order valence-electron chi connectivity index (χ3n) is 5.15. The lowest BCUT2D eigenvalue weighted by Gasteiger charge is -2.18. The molecule has 0 bridgehead atoms. The molecule has 27 heavy (non-hydrogen) atoms. The van der Waals surface area contributed by atoms with Crippen LogP contribution in [0.15, 0.2) is 41.3 Å². The minimum absolute atomic E-state index is 0.108. The largest absolute Gasteiger partial charge is 0.395 e. The average Bonchev–Trinajstić information content (AvgIpc) is 3.09. The minimum atomic E-state index is -4.41. The molecule has 8 nitrogen and oxygen atoms in total. The lowest BCUT2D eigenvalue weighted by atomic mass is 9.86. The summed E-state index contributed by atoms with van der Waals surface area (Å²) in [5, 5.41) is 19.6. The highest BCUT2D eigenvalue weighted by atomic mass is 32.2. The van der Waals surface area contributed by atoms with Crippen LogP contribution >= 0.6 is 0 Å². The van der Waals surface area contributed by atoms with E-state index in [9.17, 15) is 32.9 Å². The summed E-state index contributed by atoms with van der Waals surface area (Å²) < 4.78 is 32.2. The van der Waals surface area contributed by atoms with E-state index in [1.54, 1.807) is 18.2 Å². The Morgan fingerprint density at radius 1 is 1.07 bits per heavy atom. The third-order valence-corrected chi connectivity index (χ3v) is 6.00. The summed E-state index contributed by atoms with van der Waals surface area (Å²) in [6.07, 6.45) is -0.184. The number of amides is 2. The van der Waals surface area contributed by atoms with E-state index < -0.39 is 33.8 Å². The number of hydroxylamine groups is 2. The molecule has 1 aliphatic carbocycles. The first-order valence-corrected chi connectivity index (χ1v) is 9.59. The minimum Gasteiger partial charge on any atom is -0.395 e. The number of hydrogen-bond donors (Lipinski definition) is 3. The van der Waals surface area contributed by atoms with Crippen LogP contribution in [0.2, 0.25) is 0 Å². The van der Waals surface area contributed by atoms with Gasteiger partial charge in [-0.2, -0.15) is 13.5 Å². The van der Waals surface area contributed by atoms with Crippen LogP contribution in [0.5, 0.6) is 0 Å². The molecule has 2 atom stereocenters. The Morgan fingerprint density at radius 2 is 1.81 bits per heavy atom. The van der Waals surface area contributed by atoms with Crippen molar-refractivity contribution in [3.05, 3.63) is 53.1 Å². The van der Waals surface area contributed by atoms with Crippen molar-refractivity contribution in [2.75, 3.05) is 6.61 Å². The fourth-order valence-electron chi connectivity index (χ4n) is 3.95. The molecule has 4 rings (SSSR count). The number of aliphatic hydroxyl groups is 1. The Bertz CT molecular complexity index is 1090. The van der Waals surface area contributed by atoms with E-state index in [2.05, 4.69) is 0 Å². The number of fused-ring (bicyclic) bond motifs is 3. The summed E-state index contributed by atoms with van der Waals surface area (Å²) in [7, 11) is -4.41. The molecule has 1 saturated heterocycles. The molecule has 140 valence electrons. The maximum atomic E-state index is 12.2. The average molecular weight is 389 g/mol. The molecule has 2 aromatic carbocycles. The normalized spacial score (nSPS) is 21.5. The lowest BCUT2D eigenvalue weighted by molar-refractivity contribution is -0.171. The number of rotatable bonds is 3. The smallest absolute Gasteiger partial charge is 0.294 e. The molecule has 2 aromatic rings. The topological polar surface area (TPSA) is 132 Å². The zero-order chi connectivity index (χ0) is 19.5. The van der Waals surface area contributed by atoms with Crippen molar-refractivity contribution in [2.24, 2.45) is 0 Å². The van der Waals surface area contributed by atoms with Gasteiger partial charge in [-0.15, -0.1) is 0 Å². The second kappa shape index (κ2) is 5.96. The fraction of sp³-hybridized carbons (Fsp3) is 0.222. The summed E-state index contributed by atoms with van der Waals surface area (Å²) in [6.45, 7) is -0.358.